The van der Waals surface area contributed by atoms with Crippen LogP contribution in [0.2, 0.25) is 0 Å². The Morgan fingerprint density at radius 3 is 2.14 bits per heavy atom. The second kappa shape index (κ2) is 12.6. The molecule has 4 aromatic rings. The standard InChI is InChI=1S/C47H57N2/c1-45(2)26-29-48-30-27-46(3,4)40-32-36(31-39(45)44(40)48)22-25-42-47(5,33-35-18-7-6-8-19-35)43-38-21-12-11-20-37(38)23-24-41(43)49(42)28-14-13-17-34-15-9-10-16-34/h6-8,11-12,18-25,31-32,34H,9-10,13-17,26-30,33H2,1-5H3/q+1. The maximum atomic E-state index is 2.73. The van der Waals surface area contributed by atoms with Crippen LogP contribution in [0.3, 0.4) is 0 Å². The van der Waals surface area contributed by atoms with Crippen molar-refractivity contribution in [3.05, 3.63) is 113 Å². The van der Waals surface area contributed by atoms with Crippen LogP contribution in [-0.2, 0) is 22.7 Å². The summed E-state index contributed by atoms with van der Waals surface area (Å²) < 4.78 is 2.73. The molecule has 2 heteroatoms. The lowest BCUT2D eigenvalue weighted by Crippen LogP contribution is -2.44. The second-order valence-electron chi connectivity index (χ2n) is 17.4. The van der Waals surface area contributed by atoms with Crippen LogP contribution >= 0.6 is 0 Å². The van der Waals surface area contributed by atoms with Crippen LogP contribution in [0.15, 0.2) is 84.9 Å². The number of anilines is 1. The predicted molar refractivity (Wildman–Crippen MR) is 210 cm³/mol. The number of unbranched alkanes of at least 4 members (excludes halogenated alkanes) is 1. The first kappa shape index (κ1) is 32.5. The number of allylic oxidation sites excluding steroid dienone is 1. The highest BCUT2D eigenvalue weighted by molar-refractivity contribution is 6.09. The first-order chi connectivity index (χ1) is 23.6. The van der Waals surface area contributed by atoms with Crippen molar-refractivity contribution in [3.8, 4) is 0 Å². The Morgan fingerprint density at radius 2 is 1.43 bits per heavy atom. The van der Waals surface area contributed by atoms with Gasteiger partial charge >= 0.3 is 0 Å². The third-order valence-electron chi connectivity index (χ3n) is 13.1. The first-order valence-corrected chi connectivity index (χ1v) is 19.5. The van der Waals surface area contributed by atoms with Crippen molar-refractivity contribution in [2.24, 2.45) is 5.92 Å². The van der Waals surface area contributed by atoms with E-state index in [1.807, 2.05) is 0 Å². The zero-order valence-electron chi connectivity index (χ0n) is 30.8. The van der Waals surface area contributed by atoms with Gasteiger partial charge in [0.15, 0.2) is 5.71 Å². The maximum absolute atomic E-state index is 2.73. The van der Waals surface area contributed by atoms with Gasteiger partial charge in [-0.2, -0.15) is 4.58 Å². The fourth-order valence-corrected chi connectivity index (χ4v) is 10.1. The van der Waals surface area contributed by atoms with Gasteiger partial charge in [-0.3, -0.25) is 0 Å². The Morgan fingerprint density at radius 1 is 0.755 bits per heavy atom. The molecule has 1 atom stereocenters. The lowest BCUT2D eigenvalue weighted by molar-refractivity contribution is -0.438. The minimum absolute atomic E-state index is 0.155. The van der Waals surface area contributed by atoms with Crippen molar-refractivity contribution in [1.82, 2.24) is 0 Å². The quantitative estimate of drug-likeness (QED) is 0.129. The van der Waals surface area contributed by atoms with E-state index in [0.717, 1.165) is 18.9 Å². The van der Waals surface area contributed by atoms with E-state index in [4.69, 9.17) is 0 Å². The SMILES string of the molecule is CC1(C)CCN2CCC(C)(C)c3cc(C=CC4=[N+](CCCCC5CCCC5)c5ccc6ccccc6c5C4(C)Cc4ccccc4)cc1c32. The molecule has 0 N–H and O–H groups in total. The molecule has 2 nitrogen and oxygen atoms in total. The Bertz CT molecular complexity index is 1880. The van der Waals surface area contributed by atoms with E-state index >= 15 is 0 Å². The second-order valence-corrected chi connectivity index (χ2v) is 17.4. The van der Waals surface area contributed by atoms with Crippen molar-refractivity contribution >= 4 is 33.9 Å². The Kier molecular flexibility index (Phi) is 8.37. The number of benzene rings is 4. The number of rotatable bonds is 9. The summed E-state index contributed by atoms with van der Waals surface area (Å²) in [5.41, 5.74) is 12.0. The Hall–Kier alpha value is -3.65. The van der Waals surface area contributed by atoms with Gasteiger partial charge < -0.3 is 4.90 Å². The van der Waals surface area contributed by atoms with Gasteiger partial charge in [-0.25, -0.2) is 0 Å². The summed E-state index contributed by atoms with van der Waals surface area (Å²) >= 11 is 0. The van der Waals surface area contributed by atoms with Crippen LogP contribution in [-0.4, -0.2) is 29.9 Å². The van der Waals surface area contributed by atoms with Crippen molar-refractivity contribution < 1.29 is 4.58 Å². The van der Waals surface area contributed by atoms with Gasteiger partial charge in [-0.05, 0) is 107 Å². The molecule has 0 bridgehead atoms. The number of hydrogen-bond acceptors (Lipinski definition) is 1. The Labute approximate surface area is 296 Å². The van der Waals surface area contributed by atoms with Crippen LogP contribution in [0.25, 0.3) is 16.8 Å². The molecule has 4 aliphatic rings. The van der Waals surface area contributed by atoms with Crippen LogP contribution in [0.4, 0.5) is 11.4 Å². The molecule has 0 saturated heterocycles. The maximum Gasteiger partial charge on any atom is 0.210 e. The largest absolute Gasteiger partial charge is 0.371 e. The molecule has 0 radical (unpaired) electrons. The van der Waals surface area contributed by atoms with Gasteiger partial charge in [-0.1, -0.05) is 114 Å². The minimum Gasteiger partial charge on any atom is -0.371 e. The predicted octanol–water partition coefficient (Wildman–Crippen LogP) is 11.7. The molecular formula is C47H57N2+. The van der Waals surface area contributed by atoms with Crippen molar-refractivity contribution in [3.63, 3.8) is 0 Å². The van der Waals surface area contributed by atoms with E-state index < -0.39 is 0 Å². The highest BCUT2D eigenvalue weighted by Gasteiger charge is 2.49. The fraction of sp³-hybridized carbons (Fsp3) is 0.468. The third-order valence-corrected chi connectivity index (χ3v) is 13.1. The number of fused-ring (bicyclic) bond motifs is 3. The minimum atomic E-state index is -0.155. The normalized spacial score (nSPS) is 22.7. The molecule has 0 aromatic heterocycles. The lowest BCUT2D eigenvalue weighted by Gasteiger charge is -2.48. The molecule has 0 spiro atoms. The van der Waals surface area contributed by atoms with Gasteiger partial charge in [0.25, 0.3) is 0 Å². The molecule has 1 fully saturated rings. The van der Waals surface area contributed by atoms with Gasteiger partial charge in [0.2, 0.25) is 5.69 Å². The van der Waals surface area contributed by atoms with E-state index in [2.05, 4.69) is 135 Å². The highest BCUT2D eigenvalue weighted by Crippen LogP contribution is 2.50. The van der Waals surface area contributed by atoms with Crippen molar-refractivity contribution in [2.75, 3.05) is 24.5 Å². The summed E-state index contributed by atoms with van der Waals surface area (Å²) in [6.45, 7) is 15.8. The van der Waals surface area contributed by atoms with Crippen LogP contribution in [0.5, 0.6) is 0 Å². The molecule has 1 unspecified atom stereocenters. The molecule has 3 heterocycles. The molecule has 49 heavy (non-hydrogen) atoms. The Balaban J connectivity index is 1.26. The average Bonchev–Trinajstić information content (AvgIpc) is 3.69. The van der Waals surface area contributed by atoms with Gasteiger partial charge in [0.05, 0.1) is 5.41 Å². The summed E-state index contributed by atoms with van der Waals surface area (Å²) in [7, 11) is 0. The first-order valence-electron chi connectivity index (χ1n) is 19.5. The van der Waals surface area contributed by atoms with Gasteiger partial charge in [0, 0.05) is 42.9 Å². The molecule has 3 aliphatic heterocycles. The summed E-state index contributed by atoms with van der Waals surface area (Å²) in [4.78, 5) is 2.69. The third kappa shape index (κ3) is 5.88. The zero-order chi connectivity index (χ0) is 33.8. The van der Waals surface area contributed by atoms with E-state index in [9.17, 15) is 0 Å². The molecule has 1 saturated carbocycles. The van der Waals surface area contributed by atoms with Gasteiger partial charge in [-0.15, -0.1) is 0 Å². The smallest absolute Gasteiger partial charge is 0.210 e. The summed E-state index contributed by atoms with van der Waals surface area (Å²) in [6.07, 6.45) is 18.2. The molecular weight excluding hydrogens is 593 g/mol. The fourth-order valence-electron chi connectivity index (χ4n) is 10.1. The molecule has 4 aromatic carbocycles. The molecule has 254 valence electrons. The summed E-state index contributed by atoms with van der Waals surface area (Å²) in [5, 5.41) is 2.74. The monoisotopic (exact) mass is 649 g/mol. The molecule has 0 amide bonds. The van der Waals surface area contributed by atoms with Crippen molar-refractivity contribution in [1.29, 1.82) is 0 Å². The van der Waals surface area contributed by atoms with Gasteiger partial charge in [0.1, 0.15) is 6.54 Å². The zero-order valence-corrected chi connectivity index (χ0v) is 30.8. The van der Waals surface area contributed by atoms with Crippen LogP contribution in [0, 0.1) is 5.92 Å². The highest BCUT2D eigenvalue weighted by atomic mass is 15.2. The number of hydrogen-bond donors (Lipinski definition) is 0. The van der Waals surface area contributed by atoms with E-state index in [1.165, 1.54) is 115 Å². The number of nitrogens with zero attached hydrogens (tertiary/aromatic N) is 2. The van der Waals surface area contributed by atoms with Crippen LogP contribution < -0.4 is 4.90 Å². The molecule has 1 aliphatic carbocycles. The van der Waals surface area contributed by atoms with E-state index in [-0.39, 0.29) is 16.2 Å². The molecule has 8 rings (SSSR count). The lowest BCUT2D eigenvalue weighted by atomic mass is 9.69. The van der Waals surface area contributed by atoms with Crippen LogP contribution in [0.1, 0.15) is 120 Å². The van der Waals surface area contributed by atoms with E-state index in [1.54, 1.807) is 11.1 Å². The average molecular weight is 650 g/mol. The summed E-state index contributed by atoms with van der Waals surface area (Å²) in [6, 6.07) is 30.2. The topological polar surface area (TPSA) is 6.25 Å². The van der Waals surface area contributed by atoms with Crippen molar-refractivity contribution in [2.45, 2.75) is 115 Å². The summed E-state index contributed by atoms with van der Waals surface area (Å²) in [5.74, 6) is 0.955. The van der Waals surface area contributed by atoms with E-state index in [0.29, 0.717) is 0 Å².